The minimum atomic E-state index is -0.764. The fourth-order valence-corrected chi connectivity index (χ4v) is 5.57. The fourth-order valence-electron chi connectivity index (χ4n) is 5.57. The zero-order valence-corrected chi connectivity index (χ0v) is 21.8. The number of para-hydroxylation sites is 1. The molecule has 0 saturated carbocycles. The van der Waals surface area contributed by atoms with E-state index in [4.69, 9.17) is 5.73 Å². The molecule has 1 unspecified atom stereocenters. The van der Waals surface area contributed by atoms with Crippen LogP contribution in [0.25, 0.3) is 32.4 Å². The lowest BCUT2D eigenvalue weighted by molar-refractivity contribution is 0.0972. The summed E-state index contributed by atoms with van der Waals surface area (Å²) in [4.78, 5) is 27.2. The van der Waals surface area contributed by atoms with Crippen molar-refractivity contribution in [3.8, 4) is 11.5 Å². The van der Waals surface area contributed by atoms with Gasteiger partial charge in [-0.15, -0.1) is 0 Å². The highest BCUT2D eigenvalue weighted by Gasteiger charge is 2.27. The average molecular weight is 530 g/mol. The predicted molar refractivity (Wildman–Crippen MR) is 160 cm³/mol. The second-order valence-corrected chi connectivity index (χ2v) is 9.90. The number of nitrogens with zero attached hydrogens (tertiary/aromatic N) is 1. The monoisotopic (exact) mass is 529 g/mol. The van der Waals surface area contributed by atoms with Gasteiger partial charge in [0.25, 0.3) is 5.56 Å². The Bertz CT molecular complexity index is 2010. The Balaban J connectivity index is 1.53. The molecule has 5 aromatic carbocycles. The molecule has 5 N–H and O–H groups in total. The topological polar surface area (TPSA) is 118 Å². The molecule has 40 heavy (non-hydrogen) atoms. The van der Waals surface area contributed by atoms with Crippen molar-refractivity contribution in [2.24, 2.45) is 7.05 Å². The number of phenols is 1. The Labute approximate surface area is 229 Å². The number of rotatable bonds is 6. The number of aromatic hydroxyl groups is 2. The van der Waals surface area contributed by atoms with Crippen LogP contribution in [0.1, 0.15) is 28.4 Å². The Hall–Kier alpha value is -5.30. The number of anilines is 2. The minimum absolute atomic E-state index is 0.00726. The lowest BCUT2D eigenvalue weighted by atomic mass is 9.91. The molecule has 1 heterocycles. The summed E-state index contributed by atoms with van der Waals surface area (Å²) in [6.45, 7) is 0. The number of hydrogen-bond donors (Lipinski definition) is 4. The molecule has 7 heteroatoms. The van der Waals surface area contributed by atoms with Gasteiger partial charge >= 0.3 is 0 Å². The van der Waals surface area contributed by atoms with Gasteiger partial charge in [0.1, 0.15) is 17.1 Å². The van der Waals surface area contributed by atoms with Crippen LogP contribution in [0.3, 0.4) is 0 Å². The summed E-state index contributed by atoms with van der Waals surface area (Å²) in [5.41, 5.74) is 7.76. The highest BCUT2D eigenvalue weighted by atomic mass is 16.3. The first-order chi connectivity index (χ1) is 19.3. The quantitative estimate of drug-likeness (QED) is 0.149. The van der Waals surface area contributed by atoms with Gasteiger partial charge in [0, 0.05) is 41.2 Å². The molecule has 0 fully saturated rings. The molecule has 1 atom stereocenters. The lowest BCUT2D eigenvalue weighted by Gasteiger charge is -2.24. The van der Waals surface area contributed by atoms with E-state index in [0.29, 0.717) is 27.8 Å². The molecular formula is C33H27N3O4. The first-order valence-corrected chi connectivity index (χ1v) is 12.9. The second-order valence-electron chi connectivity index (χ2n) is 9.90. The largest absolute Gasteiger partial charge is 0.508 e. The molecule has 0 aliphatic rings. The third kappa shape index (κ3) is 4.08. The van der Waals surface area contributed by atoms with Crippen molar-refractivity contribution in [2.45, 2.75) is 12.5 Å². The van der Waals surface area contributed by atoms with Gasteiger partial charge in [-0.05, 0) is 46.5 Å². The van der Waals surface area contributed by atoms with E-state index in [0.717, 1.165) is 21.5 Å². The number of aryl methyl sites for hydroxylation is 1. The molecule has 0 radical (unpaired) electrons. The van der Waals surface area contributed by atoms with E-state index in [1.54, 1.807) is 43.4 Å². The van der Waals surface area contributed by atoms with Crippen molar-refractivity contribution >= 4 is 49.6 Å². The molecular weight excluding hydrogens is 502 g/mol. The number of nitrogens with two attached hydrogens (primary N) is 1. The van der Waals surface area contributed by atoms with E-state index in [9.17, 15) is 19.8 Å². The Morgan fingerprint density at radius 2 is 1.52 bits per heavy atom. The van der Waals surface area contributed by atoms with Gasteiger partial charge in [-0.3, -0.25) is 9.59 Å². The van der Waals surface area contributed by atoms with Crippen LogP contribution in [-0.2, 0) is 7.05 Å². The van der Waals surface area contributed by atoms with E-state index < -0.39 is 17.4 Å². The van der Waals surface area contributed by atoms with Gasteiger partial charge in [-0.1, -0.05) is 66.7 Å². The van der Waals surface area contributed by atoms with E-state index >= 15 is 0 Å². The number of phenolic OH excluding ortho intramolecular Hbond substituents is 1. The number of nitrogen functional groups attached to an aromatic ring is 1. The summed E-state index contributed by atoms with van der Waals surface area (Å²) < 4.78 is 1.37. The molecule has 198 valence electrons. The third-order valence-corrected chi connectivity index (χ3v) is 7.51. The van der Waals surface area contributed by atoms with Crippen LogP contribution in [0.5, 0.6) is 11.5 Å². The minimum Gasteiger partial charge on any atom is -0.508 e. The van der Waals surface area contributed by atoms with E-state index in [2.05, 4.69) is 5.32 Å². The Kier molecular flexibility index (Phi) is 6.11. The number of carbonyl (C=O) groups is 1. The number of ketones is 1. The summed E-state index contributed by atoms with van der Waals surface area (Å²) in [6, 6.07) is 28.4. The van der Waals surface area contributed by atoms with Crippen molar-refractivity contribution in [3.63, 3.8) is 0 Å². The molecule has 0 saturated heterocycles. The molecule has 0 amide bonds. The van der Waals surface area contributed by atoms with Gasteiger partial charge in [-0.25, -0.2) is 0 Å². The summed E-state index contributed by atoms with van der Waals surface area (Å²) >= 11 is 0. The van der Waals surface area contributed by atoms with Gasteiger partial charge in [0.05, 0.1) is 11.6 Å². The fraction of sp³-hybridized carbons (Fsp3) is 0.0909. The van der Waals surface area contributed by atoms with Crippen molar-refractivity contribution in [3.05, 3.63) is 119 Å². The molecule has 6 aromatic rings. The maximum Gasteiger partial charge on any atom is 0.265 e. The Morgan fingerprint density at radius 3 is 2.33 bits per heavy atom. The van der Waals surface area contributed by atoms with Crippen molar-refractivity contribution in [1.82, 2.24) is 4.57 Å². The molecule has 0 aliphatic heterocycles. The third-order valence-electron chi connectivity index (χ3n) is 7.51. The lowest BCUT2D eigenvalue weighted by Crippen LogP contribution is -2.27. The van der Waals surface area contributed by atoms with Gasteiger partial charge < -0.3 is 25.8 Å². The molecule has 0 bridgehead atoms. The molecule has 7 nitrogen and oxygen atoms in total. The number of pyridine rings is 1. The van der Waals surface area contributed by atoms with E-state index in [-0.39, 0.29) is 23.5 Å². The summed E-state index contributed by atoms with van der Waals surface area (Å²) in [5.74, 6) is -0.895. The number of nitrogens with one attached hydrogen (secondary N) is 1. The van der Waals surface area contributed by atoms with Gasteiger partial charge in [0.15, 0.2) is 5.78 Å². The van der Waals surface area contributed by atoms with Crippen molar-refractivity contribution in [2.75, 3.05) is 11.1 Å². The van der Waals surface area contributed by atoms with Crippen LogP contribution in [0.15, 0.2) is 102 Å². The van der Waals surface area contributed by atoms with Crippen LogP contribution in [-0.4, -0.2) is 20.6 Å². The summed E-state index contributed by atoms with van der Waals surface area (Å²) in [7, 11) is 1.58. The highest BCUT2D eigenvalue weighted by Crippen LogP contribution is 2.39. The van der Waals surface area contributed by atoms with Crippen molar-refractivity contribution in [1.29, 1.82) is 0 Å². The van der Waals surface area contributed by atoms with Crippen LogP contribution >= 0.6 is 0 Å². The molecule has 6 rings (SSSR count). The zero-order chi connectivity index (χ0) is 28.0. The van der Waals surface area contributed by atoms with Crippen LogP contribution in [0.2, 0.25) is 0 Å². The second kappa shape index (κ2) is 9.78. The first-order valence-electron chi connectivity index (χ1n) is 12.9. The normalized spacial score (nSPS) is 12.1. The van der Waals surface area contributed by atoms with Crippen LogP contribution in [0, 0.1) is 0 Å². The molecule has 0 spiro atoms. The maximum atomic E-state index is 13.9. The van der Waals surface area contributed by atoms with Crippen LogP contribution < -0.4 is 16.6 Å². The number of aromatic nitrogens is 1. The van der Waals surface area contributed by atoms with Gasteiger partial charge in [0.2, 0.25) is 0 Å². The van der Waals surface area contributed by atoms with Crippen LogP contribution in [0.4, 0.5) is 11.4 Å². The summed E-state index contributed by atoms with van der Waals surface area (Å²) in [6.07, 6.45) is -0.216. The number of hydrogen-bond acceptors (Lipinski definition) is 6. The Morgan fingerprint density at radius 1 is 0.850 bits per heavy atom. The number of Topliss-reactive ketones (excluding diaryl/α,β-unsaturated/α-hetero) is 1. The van der Waals surface area contributed by atoms with E-state index in [1.807, 2.05) is 60.7 Å². The maximum absolute atomic E-state index is 13.9. The van der Waals surface area contributed by atoms with Crippen molar-refractivity contribution < 1.29 is 15.0 Å². The predicted octanol–water partition coefficient (Wildman–Crippen LogP) is 6.26. The SMILES string of the molecule is Cn1c(=O)c(C(=O)CC(Nc2cccc3cccc(N)c23)c2c(O)ccc3ccccc23)c(O)c2ccccc21. The van der Waals surface area contributed by atoms with E-state index in [1.165, 1.54) is 4.57 Å². The average Bonchev–Trinajstić information content (AvgIpc) is 2.96. The highest BCUT2D eigenvalue weighted by molar-refractivity contribution is 6.05. The standard InChI is InChI=1S/C33H27N3O4/c1-36-26-15-5-4-12-22(26)32(39)31(33(36)40)28(38)18-25(30-21-11-3-2-8-19(21)16-17-27(30)37)35-24-14-7-10-20-9-6-13-23(34)29(20)24/h2-17,25,35,37,39H,18,34H2,1H3. The smallest absolute Gasteiger partial charge is 0.265 e. The van der Waals surface area contributed by atoms with Gasteiger partial charge in [-0.2, -0.15) is 0 Å². The first kappa shape index (κ1) is 25.0. The molecule has 0 aliphatic carbocycles. The summed E-state index contributed by atoms with van der Waals surface area (Å²) in [5, 5.41) is 29.4. The number of carbonyl (C=O) groups excluding carboxylic acids is 1. The number of benzene rings is 5. The number of fused-ring (bicyclic) bond motifs is 3. The zero-order valence-electron chi connectivity index (χ0n) is 21.8. The molecule has 1 aromatic heterocycles.